The molecule has 0 bridgehead atoms. The number of aryl methyl sites for hydroxylation is 4. The predicted octanol–water partition coefficient (Wildman–Crippen LogP) is 25.7. The van der Waals surface area contributed by atoms with Crippen LogP contribution >= 0.6 is 0 Å². The average Bonchev–Trinajstić information content (AvgIpc) is 1.54. The number of fused-ring (bicyclic) bond motifs is 6. The van der Waals surface area contributed by atoms with Gasteiger partial charge >= 0.3 is 0 Å². The van der Waals surface area contributed by atoms with Crippen molar-refractivity contribution in [1.29, 1.82) is 0 Å². The topological polar surface area (TPSA) is 24.9 Å². The Bertz CT molecular complexity index is 5250. The Balaban J connectivity index is 0.784. The molecule has 0 aliphatic heterocycles. The molecule has 14 aromatic carbocycles. The van der Waals surface area contributed by atoms with Gasteiger partial charge in [-0.2, -0.15) is 0 Å². The van der Waals surface area contributed by atoms with Gasteiger partial charge in [0.15, 0.2) is 23.3 Å². The fourth-order valence-electron chi connectivity index (χ4n) is 15.5. The van der Waals surface area contributed by atoms with Gasteiger partial charge in [0.2, 0.25) is 0 Å². The first-order valence-corrected chi connectivity index (χ1v) is 34.1. The summed E-state index contributed by atoms with van der Waals surface area (Å²) in [6.45, 7) is 16.4. The van der Waals surface area contributed by atoms with Crippen LogP contribution in [0.15, 0.2) is 316 Å². The quantitative estimate of drug-likeness (QED) is 0.0849. The number of anilines is 6. The zero-order valence-electron chi connectivity index (χ0n) is 56.7. The highest BCUT2D eigenvalue weighted by Gasteiger charge is 2.49. The summed E-state index contributed by atoms with van der Waals surface area (Å²) in [6.07, 6.45) is 3.61. The molecular weight excluding hydrogens is 1270 g/mol. The van der Waals surface area contributed by atoms with Crippen molar-refractivity contribution in [3.8, 4) is 56.4 Å². The maximum atomic E-state index is 15.8. The van der Waals surface area contributed by atoms with Gasteiger partial charge in [0.05, 0.1) is 10.8 Å². The first-order chi connectivity index (χ1) is 49.7. The molecule has 0 spiro atoms. The van der Waals surface area contributed by atoms with Gasteiger partial charge in [-0.05, 0) is 249 Å². The van der Waals surface area contributed by atoms with Crippen molar-refractivity contribution in [3.63, 3.8) is 0 Å². The van der Waals surface area contributed by atoms with Crippen molar-refractivity contribution >= 4 is 46.3 Å². The van der Waals surface area contributed by atoms with E-state index in [4.69, 9.17) is 9.47 Å². The van der Waals surface area contributed by atoms with Crippen LogP contribution < -0.4 is 19.3 Å². The summed E-state index contributed by atoms with van der Waals surface area (Å²) in [5, 5.41) is 0. The molecule has 0 N–H and O–H groups in total. The van der Waals surface area contributed by atoms with E-state index in [1.165, 1.54) is 24.3 Å². The Morgan fingerprint density at radius 1 is 0.284 bits per heavy atom. The van der Waals surface area contributed by atoms with Gasteiger partial charge in [-0.3, -0.25) is 0 Å². The molecule has 2 aliphatic rings. The zero-order valence-corrected chi connectivity index (χ0v) is 56.7. The molecule has 16 rings (SSSR count). The smallest absolute Gasteiger partial charge is 0.160 e. The molecular formula is C94H68F4N2O2. The van der Waals surface area contributed by atoms with Crippen LogP contribution in [0, 0.1) is 51.0 Å². The van der Waals surface area contributed by atoms with Crippen LogP contribution in [0.3, 0.4) is 0 Å². The SMILES string of the molecule is C=Cc1ccc(Oc2ccc(C3(c4cc(C)ccc4C)c4ccccc4-c4ccc(N(c5ccc(-c6ccc(N(c7ccc(F)c(F)c7)c7ccc8c(c7)C(c7ccc(Oc9ccc(C=C)cc9)cc7)(c7cc(C)ccc7C)c7ccccc7-8)cc6)cc5)c5ccc(F)c(F)c5)cc43)cc2)cc1. The summed E-state index contributed by atoms with van der Waals surface area (Å²) in [5.74, 6) is -1.07. The fourth-order valence-corrected chi connectivity index (χ4v) is 15.5. The largest absolute Gasteiger partial charge is 0.457 e. The average molecular weight is 1330 g/mol. The van der Waals surface area contributed by atoms with Crippen LogP contribution in [0.5, 0.6) is 23.0 Å². The first-order valence-electron chi connectivity index (χ1n) is 34.1. The number of ether oxygens (including phenoxy) is 2. The van der Waals surface area contributed by atoms with E-state index < -0.39 is 34.1 Å². The lowest BCUT2D eigenvalue weighted by atomic mass is 9.66. The van der Waals surface area contributed by atoms with E-state index in [1.807, 2.05) is 131 Å². The number of hydrogen-bond donors (Lipinski definition) is 0. The van der Waals surface area contributed by atoms with Crippen molar-refractivity contribution in [2.24, 2.45) is 0 Å². The van der Waals surface area contributed by atoms with E-state index in [2.05, 4.69) is 186 Å². The Kier molecular flexibility index (Phi) is 16.3. The molecule has 4 nitrogen and oxygen atoms in total. The van der Waals surface area contributed by atoms with Crippen molar-refractivity contribution < 1.29 is 27.0 Å². The third-order valence-electron chi connectivity index (χ3n) is 20.4. The Hall–Kier alpha value is -12.5. The second-order valence-electron chi connectivity index (χ2n) is 26.4. The van der Waals surface area contributed by atoms with E-state index in [1.54, 1.807) is 24.3 Å². The number of benzene rings is 14. The molecule has 0 saturated heterocycles. The Labute approximate surface area is 592 Å². The van der Waals surface area contributed by atoms with Crippen LogP contribution in [0.2, 0.25) is 0 Å². The number of halogens is 4. The van der Waals surface area contributed by atoms with Crippen molar-refractivity contribution in [2.75, 3.05) is 9.80 Å². The third kappa shape index (κ3) is 11.0. The summed E-state index contributed by atoms with van der Waals surface area (Å²) in [6, 6.07) is 99.6. The highest BCUT2D eigenvalue weighted by molar-refractivity contribution is 5.92. The molecule has 2 unspecified atom stereocenters. The summed E-state index contributed by atoms with van der Waals surface area (Å²) in [7, 11) is 0. The summed E-state index contributed by atoms with van der Waals surface area (Å²) in [4.78, 5) is 3.94. The molecule has 0 fully saturated rings. The van der Waals surface area contributed by atoms with Crippen LogP contribution in [0.1, 0.15) is 77.9 Å². The van der Waals surface area contributed by atoms with E-state index in [-0.39, 0.29) is 0 Å². The van der Waals surface area contributed by atoms with Crippen molar-refractivity contribution in [1.82, 2.24) is 0 Å². The molecule has 0 heterocycles. The van der Waals surface area contributed by atoms with Gasteiger partial charge in [0, 0.05) is 46.3 Å². The molecule has 14 aromatic rings. The number of rotatable bonds is 17. The summed E-state index contributed by atoms with van der Waals surface area (Å²) >= 11 is 0. The molecule has 102 heavy (non-hydrogen) atoms. The fraction of sp³-hybridized carbons (Fsp3) is 0.0638. The minimum atomic E-state index is -0.974. The Morgan fingerprint density at radius 3 is 0.971 bits per heavy atom. The van der Waals surface area contributed by atoms with Crippen LogP contribution in [0.4, 0.5) is 51.7 Å². The second-order valence-corrected chi connectivity index (χ2v) is 26.4. The first kappa shape index (κ1) is 64.2. The maximum absolute atomic E-state index is 15.8. The molecule has 0 amide bonds. The lowest BCUT2D eigenvalue weighted by Gasteiger charge is -2.36. The van der Waals surface area contributed by atoms with E-state index in [9.17, 15) is 0 Å². The van der Waals surface area contributed by atoms with Crippen molar-refractivity contribution in [2.45, 2.75) is 38.5 Å². The third-order valence-corrected chi connectivity index (χ3v) is 20.4. The zero-order chi connectivity index (χ0) is 70.0. The lowest BCUT2D eigenvalue weighted by Crippen LogP contribution is -2.30. The van der Waals surface area contributed by atoms with Gasteiger partial charge in [-0.15, -0.1) is 0 Å². The number of nitrogens with zero attached hydrogens (tertiary/aromatic N) is 2. The molecule has 2 atom stereocenters. The molecule has 0 aromatic heterocycles. The monoisotopic (exact) mass is 1330 g/mol. The van der Waals surface area contributed by atoms with Crippen LogP contribution in [-0.4, -0.2) is 0 Å². The van der Waals surface area contributed by atoms with Gasteiger partial charge < -0.3 is 19.3 Å². The normalized spacial score (nSPS) is 14.6. The van der Waals surface area contributed by atoms with Gasteiger partial charge in [-0.25, -0.2) is 17.6 Å². The van der Waals surface area contributed by atoms with E-state index in [0.717, 1.165) is 123 Å². The van der Waals surface area contributed by atoms with E-state index in [0.29, 0.717) is 45.7 Å². The minimum absolute atomic E-state index is 0.426. The standard InChI is InChI=1S/C94H68F4N2O2/c1-7-63-21-41-75(42-22-63)101-77-45-29-67(30-46-77)93(85-53-59(3)17-19-61(85)5)83-15-11-9-13-79(83)81-49-37-71(55-87(81)93)99(73-39-51-89(95)91(97)57-73)69-33-25-65(26-34-69)66-27-35-70(36-28-66)100(74-40-52-90(96)92(98)58-74)72-38-50-82-80-14-10-12-16-84(80)94(88(82)56-72,86-54-60(4)18-20-62(86)6)68-31-47-78(48-32-68)102-76-43-23-64(8-2)24-44-76/h7-58H,1-2H2,3-6H3. The van der Waals surface area contributed by atoms with Crippen LogP contribution in [-0.2, 0) is 10.8 Å². The highest BCUT2D eigenvalue weighted by atomic mass is 19.2. The van der Waals surface area contributed by atoms with Gasteiger partial charge in [0.1, 0.15) is 23.0 Å². The minimum Gasteiger partial charge on any atom is -0.457 e. The summed E-state index contributed by atoms with van der Waals surface area (Å²) in [5.41, 5.74) is 23.1. The summed E-state index contributed by atoms with van der Waals surface area (Å²) < 4.78 is 74.6. The number of hydrogen-bond acceptors (Lipinski definition) is 4. The van der Waals surface area contributed by atoms with Crippen LogP contribution in [0.25, 0.3) is 45.5 Å². The maximum Gasteiger partial charge on any atom is 0.160 e. The second kappa shape index (κ2) is 26.0. The van der Waals surface area contributed by atoms with Gasteiger partial charge in [-0.1, -0.05) is 206 Å². The lowest BCUT2D eigenvalue weighted by molar-refractivity contribution is 0.482. The highest BCUT2D eigenvalue weighted by Crippen LogP contribution is 2.60. The van der Waals surface area contributed by atoms with Gasteiger partial charge in [0.25, 0.3) is 0 Å². The molecule has 0 saturated carbocycles. The van der Waals surface area contributed by atoms with Crippen molar-refractivity contribution in [3.05, 3.63) is 418 Å². The molecule has 2 aliphatic carbocycles. The molecule has 494 valence electrons. The molecule has 8 heteroatoms. The predicted molar refractivity (Wildman–Crippen MR) is 408 cm³/mol. The molecule has 0 radical (unpaired) electrons. The van der Waals surface area contributed by atoms with E-state index >= 15 is 17.6 Å². The Morgan fingerprint density at radius 2 is 0.608 bits per heavy atom.